The second kappa shape index (κ2) is 7.43. The summed E-state index contributed by atoms with van der Waals surface area (Å²) in [6, 6.07) is 5.08. The van der Waals surface area contributed by atoms with Gasteiger partial charge in [-0.2, -0.15) is 0 Å². The van der Waals surface area contributed by atoms with E-state index in [9.17, 15) is 4.39 Å². The molecule has 0 saturated carbocycles. The van der Waals surface area contributed by atoms with Crippen LogP contribution in [0.15, 0.2) is 18.2 Å². The minimum atomic E-state index is -0.306. The van der Waals surface area contributed by atoms with Crippen molar-refractivity contribution in [3.05, 3.63) is 29.6 Å². The van der Waals surface area contributed by atoms with Crippen molar-refractivity contribution in [1.82, 2.24) is 10.6 Å². The van der Waals surface area contributed by atoms with Crippen LogP contribution >= 0.6 is 0 Å². The molecule has 1 aromatic carbocycles. The van der Waals surface area contributed by atoms with Crippen LogP contribution in [0.4, 0.5) is 4.39 Å². The fraction of sp³-hybridized carbons (Fsp3) is 0.571. The molecule has 1 saturated heterocycles. The Kier molecular flexibility index (Phi) is 5.57. The molecule has 2 N–H and O–H groups in total. The lowest BCUT2D eigenvalue weighted by molar-refractivity contribution is 0.0294. The summed E-state index contributed by atoms with van der Waals surface area (Å²) in [5.41, 5.74) is 0.966. The molecule has 0 radical (unpaired) electrons. The zero-order chi connectivity index (χ0) is 13.5. The van der Waals surface area contributed by atoms with Crippen molar-refractivity contribution in [1.29, 1.82) is 0 Å². The first-order valence-corrected chi connectivity index (χ1v) is 6.65. The lowest BCUT2D eigenvalue weighted by atomic mass is 10.1. The SMILES string of the molecule is COc1ccc(CCNCC2CNCCO2)cc1F. The van der Waals surface area contributed by atoms with Crippen molar-refractivity contribution >= 4 is 0 Å². The molecule has 1 heterocycles. The second-order valence-electron chi connectivity index (χ2n) is 4.62. The first kappa shape index (κ1) is 14.2. The van der Waals surface area contributed by atoms with Crippen molar-refractivity contribution in [3.8, 4) is 5.75 Å². The summed E-state index contributed by atoms with van der Waals surface area (Å²) < 4.78 is 23.9. The number of hydrogen-bond acceptors (Lipinski definition) is 4. The van der Waals surface area contributed by atoms with Crippen molar-refractivity contribution in [2.75, 3.05) is 39.9 Å². The van der Waals surface area contributed by atoms with Crippen LogP contribution < -0.4 is 15.4 Å². The largest absolute Gasteiger partial charge is 0.494 e. The van der Waals surface area contributed by atoms with Gasteiger partial charge in [-0.25, -0.2) is 4.39 Å². The van der Waals surface area contributed by atoms with E-state index in [0.29, 0.717) is 5.75 Å². The molecule has 1 aliphatic rings. The summed E-state index contributed by atoms with van der Waals surface area (Å²) in [5, 5.41) is 6.62. The van der Waals surface area contributed by atoms with E-state index in [1.54, 1.807) is 6.07 Å². The van der Waals surface area contributed by atoms with Gasteiger partial charge in [0.1, 0.15) is 0 Å². The zero-order valence-electron chi connectivity index (χ0n) is 11.2. The average molecular weight is 268 g/mol. The Morgan fingerprint density at radius 2 is 2.42 bits per heavy atom. The quantitative estimate of drug-likeness (QED) is 0.754. The van der Waals surface area contributed by atoms with E-state index in [2.05, 4.69) is 10.6 Å². The Balaban J connectivity index is 1.69. The molecular weight excluding hydrogens is 247 g/mol. The normalized spacial score (nSPS) is 19.4. The number of hydrogen-bond donors (Lipinski definition) is 2. The van der Waals surface area contributed by atoms with Crippen LogP contribution in [0, 0.1) is 5.82 Å². The van der Waals surface area contributed by atoms with Gasteiger partial charge in [0.2, 0.25) is 0 Å². The third kappa shape index (κ3) is 4.45. The van der Waals surface area contributed by atoms with Gasteiger partial charge in [0, 0.05) is 19.6 Å². The number of rotatable bonds is 6. The molecule has 0 amide bonds. The van der Waals surface area contributed by atoms with E-state index in [4.69, 9.17) is 9.47 Å². The Hall–Kier alpha value is -1.17. The summed E-state index contributed by atoms with van der Waals surface area (Å²) >= 11 is 0. The average Bonchev–Trinajstić information content (AvgIpc) is 2.45. The smallest absolute Gasteiger partial charge is 0.165 e. The van der Waals surface area contributed by atoms with E-state index in [1.165, 1.54) is 13.2 Å². The third-order valence-electron chi connectivity index (χ3n) is 3.18. The molecule has 0 aromatic heterocycles. The summed E-state index contributed by atoms with van der Waals surface area (Å²) in [6.45, 7) is 4.24. The molecule has 5 heteroatoms. The molecule has 4 nitrogen and oxygen atoms in total. The van der Waals surface area contributed by atoms with E-state index in [-0.39, 0.29) is 11.9 Å². The maximum atomic E-state index is 13.5. The summed E-state index contributed by atoms with van der Waals surface area (Å²) in [6.07, 6.45) is 1.03. The highest BCUT2D eigenvalue weighted by Gasteiger charge is 2.12. The number of nitrogens with one attached hydrogen (secondary N) is 2. The van der Waals surface area contributed by atoms with Crippen LogP contribution in [0.2, 0.25) is 0 Å². The minimum absolute atomic E-state index is 0.237. The van der Waals surface area contributed by atoms with Gasteiger partial charge >= 0.3 is 0 Å². The zero-order valence-corrected chi connectivity index (χ0v) is 11.2. The van der Waals surface area contributed by atoms with Gasteiger partial charge in [-0.3, -0.25) is 0 Å². The van der Waals surface area contributed by atoms with Crippen molar-refractivity contribution in [3.63, 3.8) is 0 Å². The summed E-state index contributed by atoms with van der Waals surface area (Å²) in [5.74, 6) is -0.0156. The summed E-state index contributed by atoms with van der Waals surface area (Å²) in [4.78, 5) is 0. The highest BCUT2D eigenvalue weighted by atomic mass is 19.1. The molecule has 19 heavy (non-hydrogen) atoms. The Morgan fingerprint density at radius 1 is 1.53 bits per heavy atom. The summed E-state index contributed by atoms with van der Waals surface area (Å²) in [7, 11) is 1.47. The Labute approximate surface area is 113 Å². The Bertz CT molecular complexity index is 395. The standard InChI is InChI=1S/C14H21FN2O2/c1-18-14-3-2-11(8-13(14)15)4-5-16-9-12-10-17-6-7-19-12/h2-3,8,12,16-17H,4-7,9-10H2,1H3. The number of methoxy groups -OCH3 is 1. The predicted molar refractivity (Wildman–Crippen MR) is 72.1 cm³/mol. The van der Waals surface area contributed by atoms with Crippen LogP contribution in [0.25, 0.3) is 0 Å². The lowest BCUT2D eigenvalue weighted by Crippen LogP contribution is -2.44. The number of benzene rings is 1. The molecule has 2 rings (SSSR count). The van der Waals surface area contributed by atoms with Gasteiger partial charge in [-0.1, -0.05) is 6.07 Å². The molecule has 1 fully saturated rings. The number of ether oxygens (including phenoxy) is 2. The fourth-order valence-electron chi connectivity index (χ4n) is 2.11. The molecule has 0 bridgehead atoms. The minimum Gasteiger partial charge on any atom is -0.494 e. The molecule has 0 aliphatic carbocycles. The van der Waals surface area contributed by atoms with Crippen molar-refractivity contribution in [2.24, 2.45) is 0 Å². The van der Waals surface area contributed by atoms with Gasteiger partial charge < -0.3 is 20.1 Å². The third-order valence-corrected chi connectivity index (χ3v) is 3.18. The van der Waals surface area contributed by atoms with E-state index in [1.807, 2.05) is 6.07 Å². The molecule has 1 atom stereocenters. The van der Waals surface area contributed by atoms with Crippen LogP contribution in [0.5, 0.6) is 5.75 Å². The van der Waals surface area contributed by atoms with Gasteiger partial charge in [0.25, 0.3) is 0 Å². The number of morpholine rings is 1. The lowest BCUT2D eigenvalue weighted by Gasteiger charge is -2.23. The van der Waals surface area contributed by atoms with Crippen LogP contribution in [0.3, 0.4) is 0 Å². The fourth-order valence-corrected chi connectivity index (χ4v) is 2.11. The second-order valence-corrected chi connectivity index (χ2v) is 4.62. The van der Waals surface area contributed by atoms with Crippen molar-refractivity contribution in [2.45, 2.75) is 12.5 Å². The molecule has 106 valence electrons. The van der Waals surface area contributed by atoms with E-state index >= 15 is 0 Å². The maximum absolute atomic E-state index is 13.5. The van der Waals surface area contributed by atoms with Gasteiger partial charge in [0.05, 0.1) is 19.8 Å². The molecular formula is C14H21FN2O2. The van der Waals surface area contributed by atoms with Gasteiger partial charge in [0.15, 0.2) is 11.6 Å². The maximum Gasteiger partial charge on any atom is 0.165 e. The predicted octanol–water partition coefficient (Wildman–Crippen LogP) is 0.955. The molecule has 1 unspecified atom stereocenters. The highest BCUT2D eigenvalue weighted by molar-refractivity contribution is 5.29. The van der Waals surface area contributed by atoms with Gasteiger partial charge in [-0.05, 0) is 30.7 Å². The number of halogens is 1. The van der Waals surface area contributed by atoms with Crippen LogP contribution in [-0.2, 0) is 11.2 Å². The first-order valence-electron chi connectivity index (χ1n) is 6.65. The van der Waals surface area contributed by atoms with Crippen LogP contribution in [0.1, 0.15) is 5.56 Å². The monoisotopic (exact) mass is 268 g/mol. The molecule has 0 spiro atoms. The van der Waals surface area contributed by atoms with E-state index < -0.39 is 0 Å². The first-order chi connectivity index (χ1) is 9.29. The van der Waals surface area contributed by atoms with Crippen molar-refractivity contribution < 1.29 is 13.9 Å². The van der Waals surface area contributed by atoms with Crippen LogP contribution in [-0.4, -0.2) is 46.0 Å². The Morgan fingerprint density at radius 3 is 3.11 bits per heavy atom. The van der Waals surface area contributed by atoms with Gasteiger partial charge in [-0.15, -0.1) is 0 Å². The van der Waals surface area contributed by atoms with E-state index in [0.717, 1.165) is 44.8 Å². The topological polar surface area (TPSA) is 42.5 Å². The molecule has 1 aromatic rings. The molecule has 1 aliphatic heterocycles. The highest BCUT2D eigenvalue weighted by Crippen LogP contribution is 2.17.